The van der Waals surface area contributed by atoms with Crippen LogP contribution in [0.25, 0.3) is 0 Å². The number of benzene rings is 2. The summed E-state index contributed by atoms with van der Waals surface area (Å²) in [5.74, 6) is -1.13. The number of hydrogen-bond donors (Lipinski definition) is 2. The number of nitrogens with one attached hydrogen (secondary N) is 2. The summed E-state index contributed by atoms with van der Waals surface area (Å²) in [6.45, 7) is 2.39. The summed E-state index contributed by atoms with van der Waals surface area (Å²) in [6.07, 6.45) is 0. The van der Waals surface area contributed by atoms with E-state index in [1.54, 1.807) is 24.3 Å². The summed E-state index contributed by atoms with van der Waals surface area (Å²) in [7, 11) is 1.33. The van der Waals surface area contributed by atoms with Crippen LogP contribution < -0.4 is 20.3 Å². The molecule has 2 amide bonds. The number of amides is 2. The Balaban J connectivity index is 1.95. The van der Waals surface area contributed by atoms with Gasteiger partial charge in [-0.15, -0.1) is 0 Å². The molecule has 24 heavy (non-hydrogen) atoms. The topological polar surface area (TPSA) is 76.7 Å². The number of ether oxygens (including phenoxy) is 2. The van der Waals surface area contributed by atoms with Crippen molar-refractivity contribution < 1.29 is 23.5 Å². The number of carbonyl (C=O) groups is 2. The van der Waals surface area contributed by atoms with Crippen molar-refractivity contribution in [2.75, 3.05) is 13.7 Å². The maximum atomic E-state index is 13.6. The summed E-state index contributed by atoms with van der Waals surface area (Å²) in [4.78, 5) is 23.9. The highest BCUT2D eigenvalue weighted by Crippen LogP contribution is 2.17. The zero-order valence-corrected chi connectivity index (χ0v) is 13.3. The first kappa shape index (κ1) is 17.3. The Labute approximate surface area is 138 Å². The predicted octanol–water partition coefficient (Wildman–Crippen LogP) is 2.31. The number of halogens is 1. The van der Waals surface area contributed by atoms with Crippen molar-refractivity contribution >= 4 is 11.8 Å². The van der Waals surface area contributed by atoms with Crippen LogP contribution in [0.2, 0.25) is 0 Å². The summed E-state index contributed by atoms with van der Waals surface area (Å²) in [6, 6.07) is 10.2. The standard InChI is InChI=1S/C17H17FN2O4/c1-3-24-13-7-4-11(5-8-13)16(21)19-20-17(22)12-6-9-15(23-2)14(18)10-12/h4-10H,3H2,1-2H3,(H,19,21)(H,20,22). The molecule has 2 aromatic carbocycles. The quantitative estimate of drug-likeness (QED) is 0.824. The fourth-order valence-electron chi connectivity index (χ4n) is 1.93. The summed E-state index contributed by atoms with van der Waals surface area (Å²) in [5.41, 5.74) is 4.89. The van der Waals surface area contributed by atoms with Gasteiger partial charge < -0.3 is 9.47 Å². The van der Waals surface area contributed by atoms with Gasteiger partial charge in [0.15, 0.2) is 11.6 Å². The molecule has 2 N–H and O–H groups in total. The van der Waals surface area contributed by atoms with Gasteiger partial charge in [-0.2, -0.15) is 0 Å². The highest BCUT2D eigenvalue weighted by atomic mass is 19.1. The average Bonchev–Trinajstić information content (AvgIpc) is 2.60. The Hall–Kier alpha value is -3.09. The second-order valence-corrected chi connectivity index (χ2v) is 4.71. The third-order valence-corrected chi connectivity index (χ3v) is 3.13. The van der Waals surface area contributed by atoms with Crippen LogP contribution in [0.15, 0.2) is 42.5 Å². The molecular formula is C17H17FN2O4. The van der Waals surface area contributed by atoms with Gasteiger partial charge in [-0.3, -0.25) is 20.4 Å². The number of carbonyl (C=O) groups excluding carboxylic acids is 2. The number of hydrazine groups is 1. The van der Waals surface area contributed by atoms with E-state index in [-0.39, 0.29) is 11.3 Å². The molecule has 0 aliphatic carbocycles. The molecule has 0 aliphatic rings. The minimum atomic E-state index is -0.664. The van der Waals surface area contributed by atoms with Gasteiger partial charge >= 0.3 is 0 Å². The van der Waals surface area contributed by atoms with Crippen LogP contribution in [0.3, 0.4) is 0 Å². The van der Waals surface area contributed by atoms with E-state index in [9.17, 15) is 14.0 Å². The lowest BCUT2D eigenvalue weighted by Gasteiger charge is -2.09. The number of methoxy groups -OCH3 is 1. The normalized spacial score (nSPS) is 9.96. The monoisotopic (exact) mass is 332 g/mol. The Kier molecular flexibility index (Phi) is 5.73. The molecule has 0 saturated carbocycles. The Bertz CT molecular complexity index is 732. The van der Waals surface area contributed by atoms with Crippen LogP contribution in [0, 0.1) is 5.82 Å². The fourth-order valence-corrected chi connectivity index (χ4v) is 1.93. The molecule has 2 rings (SSSR count). The van der Waals surface area contributed by atoms with Crippen molar-refractivity contribution in [2.45, 2.75) is 6.92 Å². The van der Waals surface area contributed by atoms with Crippen molar-refractivity contribution in [1.82, 2.24) is 10.9 Å². The number of rotatable bonds is 5. The second kappa shape index (κ2) is 7.96. The van der Waals surface area contributed by atoms with Gasteiger partial charge in [-0.25, -0.2) is 4.39 Å². The molecule has 6 nitrogen and oxygen atoms in total. The van der Waals surface area contributed by atoms with Crippen LogP contribution in [0.4, 0.5) is 4.39 Å². The van der Waals surface area contributed by atoms with E-state index in [1.165, 1.54) is 19.2 Å². The van der Waals surface area contributed by atoms with Gasteiger partial charge in [0, 0.05) is 11.1 Å². The molecule has 0 heterocycles. The molecule has 0 spiro atoms. The van der Waals surface area contributed by atoms with Crippen molar-refractivity contribution in [3.8, 4) is 11.5 Å². The smallest absolute Gasteiger partial charge is 0.269 e. The molecule has 0 saturated heterocycles. The van der Waals surface area contributed by atoms with Gasteiger partial charge in [-0.05, 0) is 49.4 Å². The first-order chi connectivity index (χ1) is 11.5. The summed E-state index contributed by atoms with van der Waals surface area (Å²) < 4.78 is 23.6. The van der Waals surface area contributed by atoms with Crippen LogP contribution in [0.5, 0.6) is 11.5 Å². The molecule has 7 heteroatoms. The van der Waals surface area contributed by atoms with E-state index < -0.39 is 17.6 Å². The van der Waals surface area contributed by atoms with E-state index >= 15 is 0 Å². The van der Waals surface area contributed by atoms with Crippen molar-refractivity contribution in [1.29, 1.82) is 0 Å². The molecule has 0 radical (unpaired) electrons. The maximum absolute atomic E-state index is 13.6. The van der Waals surface area contributed by atoms with Gasteiger partial charge in [0.05, 0.1) is 13.7 Å². The third-order valence-electron chi connectivity index (χ3n) is 3.13. The van der Waals surface area contributed by atoms with E-state index in [0.717, 1.165) is 6.07 Å². The van der Waals surface area contributed by atoms with Gasteiger partial charge in [0.2, 0.25) is 0 Å². The zero-order valence-electron chi connectivity index (χ0n) is 13.3. The van der Waals surface area contributed by atoms with E-state index in [1.807, 2.05) is 6.92 Å². The summed E-state index contributed by atoms with van der Waals surface area (Å²) in [5, 5.41) is 0. The first-order valence-electron chi connectivity index (χ1n) is 7.22. The van der Waals surface area contributed by atoms with Crippen LogP contribution in [-0.4, -0.2) is 25.5 Å². The Morgan fingerprint density at radius 1 is 1.00 bits per heavy atom. The molecule has 0 fully saturated rings. The second-order valence-electron chi connectivity index (χ2n) is 4.71. The molecule has 0 aliphatic heterocycles. The predicted molar refractivity (Wildman–Crippen MR) is 85.5 cm³/mol. The highest BCUT2D eigenvalue weighted by molar-refractivity contribution is 5.99. The highest BCUT2D eigenvalue weighted by Gasteiger charge is 2.12. The zero-order chi connectivity index (χ0) is 17.5. The minimum Gasteiger partial charge on any atom is -0.494 e. The molecule has 0 atom stereocenters. The van der Waals surface area contributed by atoms with Crippen LogP contribution >= 0.6 is 0 Å². The minimum absolute atomic E-state index is 0.0324. The van der Waals surface area contributed by atoms with E-state index in [2.05, 4.69) is 10.9 Å². The van der Waals surface area contributed by atoms with Gasteiger partial charge in [0.25, 0.3) is 11.8 Å². The van der Waals surface area contributed by atoms with Crippen LogP contribution in [0.1, 0.15) is 27.6 Å². The SMILES string of the molecule is CCOc1ccc(C(=O)NNC(=O)c2ccc(OC)c(F)c2)cc1. The van der Waals surface area contributed by atoms with E-state index in [4.69, 9.17) is 9.47 Å². The fraction of sp³-hybridized carbons (Fsp3) is 0.176. The lowest BCUT2D eigenvalue weighted by atomic mass is 10.2. The van der Waals surface area contributed by atoms with Crippen molar-refractivity contribution in [2.24, 2.45) is 0 Å². The van der Waals surface area contributed by atoms with Gasteiger partial charge in [0.1, 0.15) is 5.75 Å². The molecule has 0 unspecified atom stereocenters. The van der Waals surface area contributed by atoms with Crippen molar-refractivity contribution in [3.63, 3.8) is 0 Å². The molecule has 126 valence electrons. The molecule has 0 aromatic heterocycles. The van der Waals surface area contributed by atoms with Crippen LogP contribution in [-0.2, 0) is 0 Å². The summed E-state index contributed by atoms with van der Waals surface area (Å²) >= 11 is 0. The third kappa shape index (κ3) is 4.22. The van der Waals surface area contributed by atoms with Crippen molar-refractivity contribution in [3.05, 3.63) is 59.4 Å². The lowest BCUT2D eigenvalue weighted by Crippen LogP contribution is -2.41. The Morgan fingerprint density at radius 2 is 1.58 bits per heavy atom. The molecule has 2 aromatic rings. The first-order valence-corrected chi connectivity index (χ1v) is 7.22. The average molecular weight is 332 g/mol. The lowest BCUT2D eigenvalue weighted by molar-refractivity contribution is 0.0846. The van der Waals surface area contributed by atoms with Gasteiger partial charge in [-0.1, -0.05) is 0 Å². The maximum Gasteiger partial charge on any atom is 0.269 e. The van der Waals surface area contributed by atoms with E-state index in [0.29, 0.717) is 17.9 Å². The Morgan fingerprint density at radius 3 is 2.12 bits per heavy atom. The number of hydrogen-bond acceptors (Lipinski definition) is 4. The molecule has 0 bridgehead atoms. The molecular weight excluding hydrogens is 315 g/mol. The largest absolute Gasteiger partial charge is 0.494 e.